The summed E-state index contributed by atoms with van der Waals surface area (Å²) in [5.41, 5.74) is 2.62. The van der Waals surface area contributed by atoms with Crippen LogP contribution in [0.15, 0.2) is 48.5 Å². The van der Waals surface area contributed by atoms with Crippen molar-refractivity contribution in [2.75, 3.05) is 13.1 Å². The highest BCUT2D eigenvalue weighted by Crippen LogP contribution is 2.22. The van der Waals surface area contributed by atoms with Gasteiger partial charge in [0.25, 0.3) is 0 Å². The van der Waals surface area contributed by atoms with E-state index in [0.29, 0.717) is 6.04 Å². The zero-order valence-electron chi connectivity index (χ0n) is 15.5. The van der Waals surface area contributed by atoms with Gasteiger partial charge in [0.05, 0.1) is 0 Å². The lowest BCUT2D eigenvalue weighted by Gasteiger charge is -2.30. The molecule has 1 saturated heterocycles. The lowest BCUT2D eigenvalue weighted by Crippen LogP contribution is -2.37. The SMILES string of the molecule is Fc1ccc(CCCCN2CCCCCC2Cc2ccc(Cl)cc2)cc1. The first kappa shape index (κ1) is 19.4. The standard InChI is InChI=1S/C23H29ClFN/c24-21-12-8-20(9-13-21)18-23-7-2-1-4-16-26(23)17-5-3-6-19-10-14-22(25)15-11-19/h8-15,23H,1-7,16-18H2. The van der Waals surface area contributed by atoms with E-state index in [0.717, 1.165) is 24.3 Å². The second kappa shape index (κ2) is 10.1. The molecule has 1 fully saturated rings. The van der Waals surface area contributed by atoms with Crippen molar-refractivity contribution in [3.63, 3.8) is 0 Å². The molecule has 0 radical (unpaired) electrons. The highest BCUT2D eigenvalue weighted by atomic mass is 35.5. The topological polar surface area (TPSA) is 3.24 Å². The molecule has 1 aliphatic rings. The Hall–Kier alpha value is -1.38. The van der Waals surface area contributed by atoms with Crippen molar-refractivity contribution < 1.29 is 4.39 Å². The Kier molecular flexibility index (Phi) is 7.52. The summed E-state index contributed by atoms with van der Waals surface area (Å²) < 4.78 is 13.0. The van der Waals surface area contributed by atoms with Crippen molar-refractivity contribution >= 4 is 11.6 Å². The molecule has 0 bridgehead atoms. The molecular formula is C23H29ClFN. The Bertz CT molecular complexity index is 653. The number of hydrogen-bond donors (Lipinski definition) is 0. The minimum Gasteiger partial charge on any atom is -0.300 e. The number of halogens is 2. The molecule has 1 nitrogen and oxygen atoms in total. The molecule has 1 unspecified atom stereocenters. The number of nitrogens with zero attached hydrogens (tertiary/aromatic N) is 1. The summed E-state index contributed by atoms with van der Waals surface area (Å²) in [6, 6.07) is 15.9. The number of rotatable bonds is 7. The van der Waals surface area contributed by atoms with E-state index in [1.165, 1.54) is 56.3 Å². The summed E-state index contributed by atoms with van der Waals surface area (Å²) in [5, 5.41) is 0.812. The number of unbranched alkanes of at least 4 members (excludes halogenated alkanes) is 1. The number of hydrogen-bond acceptors (Lipinski definition) is 1. The van der Waals surface area contributed by atoms with Gasteiger partial charge in [-0.25, -0.2) is 4.39 Å². The Balaban J connectivity index is 1.49. The molecule has 3 rings (SSSR count). The third kappa shape index (κ3) is 6.10. The van der Waals surface area contributed by atoms with Gasteiger partial charge >= 0.3 is 0 Å². The molecule has 1 heterocycles. The average Bonchev–Trinajstić information content (AvgIpc) is 2.87. The second-order valence-corrected chi connectivity index (χ2v) is 7.89. The molecule has 3 heteroatoms. The highest BCUT2D eigenvalue weighted by molar-refractivity contribution is 6.30. The molecule has 26 heavy (non-hydrogen) atoms. The Labute approximate surface area is 162 Å². The quantitative estimate of drug-likeness (QED) is 0.515. The zero-order chi connectivity index (χ0) is 18.2. The molecule has 0 aliphatic carbocycles. The molecule has 0 aromatic heterocycles. The van der Waals surface area contributed by atoms with E-state index in [-0.39, 0.29) is 5.82 Å². The monoisotopic (exact) mass is 373 g/mol. The molecule has 0 amide bonds. The smallest absolute Gasteiger partial charge is 0.123 e. The van der Waals surface area contributed by atoms with Crippen LogP contribution in [0.4, 0.5) is 4.39 Å². The van der Waals surface area contributed by atoms with Crippen LogP contribution in [0, 0.1) is 5.82 Å². The predicted molar refractivity (Wildman–Crippen MR) is 108 cm³/mol. The van der Waals surface area contributed by atoms with Gasteiger partial charge in [0.1, 0.15) is 5.82 Å². The van der Waals surface area contributed by atoms with Crippen molar-refractivity contribution in [3.05, 3.63) is 70.5 Å². The lowest BCUT2D eigenvalue weighted by molar-refractivity contribution is 0.194. The average molecular weight is 374 g/mol. The Morgan fingerprint density at radius 3 is 2.38 bits per heavy atom. The van der Waals surface area contributed by atoms with Crippen LogP contribution in [0.5, 0.6) is 0 Å². The number of likely N-dealkylation sites (tertiary alicyclic amines) is 1. The van der Waals surface area contributed by atoms with Crippen molar-refractivity contribution in [2.24, 2.45) is 0 Å². The van der Waals surface area contributed by atoms with Crippen LogP contribution in [-0.4, -0.2) is 24.0 Å². The molecule has 0 spiro atoms. The van der Waals surface area contributed by atoms with E-state index in [1.807, 2.05) is 24.3 Å². The van der Waals surface area contributed by atoms with Crippen LogP contribution in [0.3, 0.4) is 0 Å². The van der Waals surface area contributed by atoms with E-state index < -0.39 is 0 Å². The third-order valence-electron chi connectivity index (χ3n) is 5.46. The first-order valence-electron chi connectivity index (χ1n) is 9.93. The second-order valence-electron chi connectivity index (χ2n) is 7.45. The highest BCUT2D eigenvalue weighted by Gasteiger charge is 2.20. The fraction of sp³-hybridized carbons (Fsp3) is 0.478. The van der Waals surface area contributed by atoms with Crippen LogP contribution in [0.25, 0.3) is 0 Å². The van der Waals surface area contributed by atoms with Gasteiger partial charge in [0, 0.05) is 11.1 Å². The molecule has 1 atom stereocenters. The van der Waals surface area contributed by atoms with Gasteiger partial charge in [0.2, 0.25) is 0 Å². The van der Waals surface area contributed by atoms with Crippen molar-refractivity contribution in [1.29, 1.82) is 0 Å². The van der Waals surface area contributed by atoms with Crippen molar-refractivity contribution in [1.82, 2.24) is 4.90 Å². The van der Waals surface area contributed by atoms with Gasteiger partial charge in [-0.3, -0.25) is 0 Å². The van der Waals surface area contributed by atoms with Crippen LogP contribution in [0.1, 0.15) is 49.7 Å². The minimum absolute atomic E-state index is 0.150. The lowest BCUT2D eigenvalue weighted by atomic mass is 10.0. The van der Waals surface area contributed by atoms with Crippen molar-refractivity contribution in [2.45, 2.75) is 57.4 Å². The van der Waals surface area contributed by atoms with Crippen LogP contribution < -0.4 is 0 Å². The molecule has 1 aliphatic heterocycles. The molecular weight excluding hydrogens is 345 g/mol. The predicted octanol–water partition coefficient (Wildman–Crippen LogP) is 6.29. The summed E-state index contributed by atoms with van der Waals surface area (Å²) in [6.07, 6.45) is 9.82. The molecule has 0 saturated carbocycles. The molecule has 0 N–H and O–H groups in total. The summed E-state index contributed by atoms with van der Waals surface area (Å²) in [4.78, 5) is 2.70. The summed E-state index contributed by atoms with van der Waals surface area (Å²) in [7, 11) is 0. The molecule has 2 aromatic carbocycles. The first-order chi connectivity index (χ1) is 12.7. The maximum atomic E-state index is 13.0. The summed E-state index contributed by atoms with van der Waals surface area (Å²) >= 11 is 6.02. The third-order valence-corrected chi connectivity index (χ3v) is 5.71. The van der Waals surface area contributed by atoms with E-state index in [1.54, 1.807) is 12.1 Å². The minimum atomic E-state index is -0.150. The fourth-order valence-corrected chi connectivity index (χ4v) is 4.08. The molecule has 2 aromatic rings. The van der Waals surface area contributed by atoms with E-state index in [2.05, 4.69) is 17.0 Å². The maximum absolute atomic E-state index is 13.0. The van der Waals surface area contributed by atoms with E-state index in [9.17, 15) is 4.39 Å². The number of benzene rings is 2. The Morgan fingerprint density at radius 2 is 1.62 bits per heavy atom. The van der Waals surface area contributed by atoms with Gasteiger partial charge in [-0.1, -0.05) is 48.7 Å². The van der Waals surface area contributed by atoms with Gasteiger partial charge in [-0.15, -0.1) is 0 Å². The summed E-state index contributed by atoms with van der Waals surface area (Å²) in [6.45, 7) is 2.38. The zero-order valence-corrected chi connectivity index (χ0v) is 16.2. The Morgan fingerprint density at radius 1 is 0.885 bits per heavy atom. The van der Waals surface area contributed by atoms with Gasteiger partial charge in [-0.2, -0.15) is 0 Å². The fourth-order valence-electron chi connectivity index (χ4n) is 3.95. The maximum Gasteiger partial charge on any atom is 0.123 e. The van der Waals surface area contributed by atoms with Crippen LogP contribution >= 0.6 is 11.6 Å². The van der Waals surface area contributed by atoms with Crippen LogP contribution in [-0.2, 0) is 12.8 Å². The van der Waals surface area contributed by atoms with E-state index in [4.69, 9.17) is 11.6 Å². The normalized spacial score (nSPS) is 18.6. The van der Waals surface area contributed by atoms with Gasteiger partial charge in [-0.05, 0) is 87.0 Å². The first-order valence-corrected chi connectivity index (χ1v) is 10.3. The number of aryl methyl sites for hydroxylation is 1. The van der Waals surface area contributed by atoms with E-state index >= 15 is 0 Å². The summed E-state index contributed by atoms with van der Waals surface area (Å²) in [5.74, 6) is -0.150. The van der Waals surface area contributed by atoms with Gasteiger partial charge < -0.3 is 4.90 Å². The van der Waals surface area contributed by atoms with Crippen molar-refractivity contribution in [3.8, 4) is 0 Å². The van der Waals surface area contributed by atoms with Crippen LogP contribution in [0.2, 0.25) is 5.02 Å². The largest absolute Gasteiger partial charge is 0.300 e. The van der Waals surface area contributed by atoms with Gasteiger partial charge in [0.15, 0.2) is 0 Å². The molecule has 140 valence electrons.